The quantitative estimate of drug-likeness (QED) is 0.275. The van der Waals surface area contributed by atoms with Crippen LogP contribution in [0.3, 0.4) is 0 Å². The van der Waals surface area contributed by atoms with Crippen molar-refractivity contribution in [2.24, 2.45) is 0 Å². The molecule has 1 fully saturated rings. The van der Waals surface area contributed by atoms with E-state index in [0.29, 0.717) is 33.6 Å². The summed E-state index contributed by atoms with van der Waals surface area (Å²) in [7, 11) is 1.53. The standard InChI is InChI=1S/C26H29ClN6O4/c1-16-12-22(24(15-21(16)27)37-18-6-9-29-10-7-18)31-26(35)33-32-17-4-3-5-19(13-17)36-20-8-11-30-23(14-20)25(34)28-2/h3-5,8,11-15,18,29,32H,6-7,9-10H2,1-2H3,(H,28,34)(H2,31,33,35). The van der Waals surface area contributed by atoms with Crippen LogP contribution in [-0.4, -0.2) is 43.2 Å². The monoisotopic (exact) mass is 524 g/mol. The second-order valence-corrected chi connectivity index (χ2v) is 8.86. The number of piperidine rings is 1. The van der Waals surface area contributed by atoms with Gasteiger partial charge < -0.3 is 25.4 Å². The van der Waals surface area contributed by atoms with Gasteiger partial charge in [0, 0.05) is 36.5 Å². The lowest BCUT2D eigenvalue weighted by Gasteiger charge is -2.25. The molecule has 0 bridgehead atoms. The largest absolute Gasteiger partial charge is 0.488 e. The van der Waals surface area contributed by atoms with Crippen LogP contribution in [0, 0.1) is 6.92 Å². The zero-order valence-corrected chi connectivity index (χ0v) is 21.3. The molecule has 11 heteroatoms. The van der Waals surface area contributed by atoms with Crippen molar-refractivity contribution >= 4 is 34.9 Å². The van der Waals surface area contributed by atoms with Gasteiger partial charge in [0.1, 0.15) is 29.0 Å². The van der Waals surface area contributed by atoms with Crippen LogP contribution in [0.1, 0.15) is 28.9 Å². The fourth-order valence-electron chi connectivity index (χ4n) is 3.73. The van der Waals surface area contributed by atoms with Crippen molar-refractivity contribution in [3.63, 3.8) is 0 Å². The van der Waals surface area contributed by atoms with Gasteiger partial charge in [-0.3, -0.25) is 20.6 Å². The summed E-state index contributed by atoms with van der Waals surface area (Å²) < 4.78 is 12.0. The van der Waals surface area contributed by atoms with E-state index in [1.165, 1.54) is 13.2 Å². The molecule has 0 radical (unpaired) electrons. The first kappa shape index (κ1) is 26.1. The molecule has 1 aliphatic heterocycles. The van der Waals surface area contributed by atoms with Crippen molar-refractivity contribution in [3.8, 4) is 17.2 Å². The van der Waals surface area contributed by atoms with Gasteiger partial charge in [0.05, 0.1) is 11.4 Å². The normalized spacial score (nSPS) is 13.4. The molecule has 37 heavy (non-hydrogen) atoms. The molecular formula is C26H29ClN6O4. The molecule has 3 aromatic rings. The van der Waals surface area contributed by atoms with Crippen LogP contribution in [0.4, 0.5) is 16.2 Å². The van der Waals surface area contributed by atoms with Gasteiger partial charge in [-0.15, -0.1) is 0 Å². The van der Waals surface area contributed by atoms with Crippen LogP contribution in [0.15, 0.2) is 54.7 Å². The number of carbonyl (C=O) groups excluding carboxylic acids is 2. The zero-order valence-electron chi connectivity index (χ0n) is 20.6. The maximum atomic E-state index is 12.7. The number of hydrazine groups is 1. The lowest BCUT2D eigenvalue weighted by Crippen LogP contribution is -2.35. The Morgan fingerprint density at radius 3 is 2.65 bits per heavy atom. The summed E-state index contributed by atoms with van der Waals surface area (Å²) in [5.41, 5.74) is 7.67. The van der Waals surface area contributed by atoms with Crippen molar-refractivity contribution in [2.75, 3.05) is 30.9 Å². The lowest BCUT2D eigenvalue weighted by molar-refractivity contribution is 0.0957. The Morgan fingerprint density at radius 1 is 1.08 bits per heavy atom. The van der Waals surface area contributed by atoms with E-state index in [2.05, 4.69) is 31.8 Å². The molecule has 1 aliphatic rings. The maximum absolute atomic E-state index is 12.7. The average molecular weight is 525 g/mol. The highest BCUT2D eigenvalue weighted by Crippen LogP contribution is 2.33. The number of rotatable bonds is 8. The molecule has 2 heterocycles. The molecule has 4 rings (SSSR count). The summed E-state index contributed by atoms with van der Waals surface area (Å²) in [5.74, 6) is 1.18. The molecule has 0 unspecified atom stereocenters. The number of benzene rings is 2. The summed E-state index contributed by atoms with van der Waals surface area (Å²) in [6.45, 7) is 3.64. The molecular weight excluding hydrogens is 496 g/mol. The number of ether oxygens (including phenoxy) is 2. The number of pyridine rings is 1. The van der Waals surface area contributed by atoms with Crippen LogP contribution in [0.5, 0.6) is 17.2 Å². The number of nitrogens with one attached hydrogen (secondary N) is 5. The molecule has 194 valence electrons. The third-order valence-corrected chi connectivity index (χ3v) is 6.08. The second-order valence-electron chi connectivity index (χ2n) is 8.45. The Labute approximate surface area is 220 Å². The van der Waals surface area contributed by atoms with E-state index in [1.54, 1.807) is 48.5 Å². The number of aryl methyl sites for hydroxylation is 1. The van der Waals surface area contributed by atoms with E-state index in [-0.39, 0.29) is 17.7 Å². The SMILES string of the molecule is CNC(=O)c1cc(Oc2cccc(NNC(=O)Nc3cc(C)c(Cl)cc3OC3CCNCC3)c2)ccn1. The van der Waals surface area contributed by atoms with Gasteiger partial charge in [0.25, 0.3) is 5.91 Å². The summed E-state index contributed by atoms with van der Waals surface area (Å²) >= 11 is 6.32. The molecule has 1 aromatic heterocycles. The molecule has 3 amide bonds. The van der Waals surface area contributed by atoms with Gasteiger partial charge in [0.15, 0.2) is 0 Å². The number of carbonyl (C=O) groups is 2. The zero-order chi connectivity index (χ0) is 26.2. The number of amides is 3. The number of hydrogen-bond donors (Lipinski definition) is 5. The number of hydrogen-bond acceptors (Lipinski definition) is 7. The number of halogens is 1. The highest BCUT2D eigenvalue weighted by atomic mass is 35.5. The number of urea groups is 1. The van der Waals surface area contributed by atoms with Crippen molar-refractivity contribution in [1.29, 1.82) is 0 Å². The first-order valence-corrected chi connectivity index (χ1v) is 12.3. The van der Waals surface area contributed by atoms with Crippen molar-refractivity contribution in [2.45, 2.75) is 25.9 Å². The summed E-state index contributed by atoms with van der Waals surface area (Å²) in [4.78, 5) is 28.5. The Hall–Kier alpha value is -4.02. The van der Waals surface area contributed by atoms with Crippen LogP contribution in [0.25, 0.3) is 0 Å². The highest BCUT2D eigenvalue weighted by molar-refractivity contribution is 6.31. The van der Waals surface area contributed by atoms with Crippen LogP contribution in [0.2, 0.25) is 5.02 Å². The molecule has 0 spiro atoms. The van der Waals surface area contributed by atoms with Gasteiger partial charge in [0.2, 0.25) is 0 Å². The van der Waals surface area contributed by atoms with Crippen molar-refractivity contribution in [3.05, 3.63) is 71.0 Å². The molecule has 2 aromatic carbocycles. The summed E-state index contributed by atoms with van der Waals surface area (Å²) in [5, 5.41) is 9.23. The predicted octanol–water partition coefficient (Wildman–Crippen LogP) is 4.47. The van der Waals surface area contributed by atoms with E-state index < -0.39 is 6.03 Å². The van der Waals surface area contributed by atoms with E-state index in [9.17, 15) is 9.59 Å². The second kappa shape index (κ2) is 12.3. The summed E-state index contributed by atoms with van der Waals surface area (Å²) in [6, 6.07) is 13.2. The number of aromatic nitrogens is 1. The van der Waals surface area contributed by atoms with Gasteiger partial charge in [-0.05, 0) is 62.7 Å². The van der Waals surface area contributed by atoms with E-state index >= 15 is 0 Å². The van der Waals surface area contributed by atoms with E-state index in [0.717, 1.165) is 31.5 Å². The molecule has 0 saturated carbocycles. The number of anilines is 2. The van der Waals surface area contributed by atoms with Gasteiger partial charge >= 0.3 is 6.03 Å². The van der Waals surface area contributed by atoms with Crippen LogP contribution in [-0.2, 0) is 0 Å². The maximum Gasteiger partial charge on any atom is 0.337 e. The number of nitrogens with zero attached hydrogens (tertiary/aromatic N) is 1. The fraction of sp³-hybridized carbons (Fsp3) is 0.269. The first-order valence-electron chi connectivity index (χ1n) is 11.9. The minimum absolute atomic E-state index is 0.0531. The topological polar surface area (TPSA) is 126 Å². The molecule has 0 aliphatic carbocycles. The van der Waals surface area contributed by atoms with Crippen molar-refractivity contribution < 1.29 is 19.1 Å². The molecule has 1 saturated heterocycles. The minimum Gasteiger partial charge on any atom is -0.488 e. The van der Waals surface area contributed by atoms with E-state index in [4.69, 9.17) is 21.1 Å². The third kappa shape index (κ3) is 7.25. The Balaban J connectivity index is 1.38. The van der Waals surface area contributed by atoms with E-state index in [1.807, 2.05) is 6.92 Å². The minimum atomic E-state index is -0.479. The Morgan fingerprint density at radius 2 is 1.86 bits per heavy atom. The highest BCUT2D eigenvalue weighted by Gasteiger charge is 2.18. The summed E-state index contributed by atoms with van der Waals surface area (Å²) in [6.07, 6.45) is 3.31. The van der Waals surface area contributed by atoms with Gasteiger partial charge in [-0.1, -0.05) is 17.7 Å². The fourth-order valence-corrected chi connectivity index (χ4v) is 3.89. The molecule has 0 atom stereocenters. The molecule has 10 nitrogen and oxygen atoms in total. The van der Waals surface area contributed by atoms with Gasteiger partial charge in [-0.2, -0.15) is 0 Å². The van der Waals surface area contributed by atoms with Crippen molar-refractivity contribution in [1.82, 2.24) is 21.0 Å². The van der Waals surface area contributed by atoms with Crippen LogP contribution >= 0.6 is 11.6 Å². The van der Waals surface area contributed by atoms with Crippen LogP contribution < -0.4 is 36.3 Å². The third-order valence-electron chi connectivity index (χ3n) is 5.67. The van der Waals surface area contributed by atoms with Gasteiger partial charge in [-0.25, -0.2) is 4.79 Å². The first-order chi connectivity index (χ1) is 17.9. The molecule has 5 N–H and O–H groups in total. The lowest BCUT2D eigenvalue weighted by atomic mass is 10.1. The predicted molar refractivity (Wildman–Crippen MR) is 143 cm³/mol. The Bertz CT molecular complexity index is 1270. The Kier molecular flexibility index (Phi) is 8.65. The average Bonchev–Trinajstić information content (AvgIpc) is 2.91. The smallest absolute Gasteiger partial charge is 0.337 e.